The van der Waals surface area contributed by atoms with Crippen LogP contribution >= 0.6 is 11.3 Å². The number of anilines is 1. The fraction of sp³-hybridized carbons (Fsp3) is 0.179. The number of nitrogens with one attached hydrogen (secondary N) is 2. The van der Waals surface area contributed by atoms with Crippen molar-refractivity contribution in [2.75, 3.05) is 11.9 Å². The van der Waals surface area contributed by atoms with Crippen LogP contribution in [0.1, 0.15) is 40.7 Å². The van der Waals surface area contributed by atoms with Crippen LogP contribution in [0.15, 0.2) is 88.2 Å². The highest BCUT2D eigenvalue weighted by Gasteiger charge is 2.42. The smallest absolute Gasteiger partial charge is 0.341 e. The summed E-state index contributed by atoms with van der Waals surface area (Å²) in [6, 6.07) is 20.3. The number of thiophene rings is 1. The second-order valence-electron chi connectivity index (χ2n) is 9.09. The number of rotatable bonds is 6. The number of ether oxygens (including phenoxy) is 1. The van der Waals surface area contributed by atoms with E-state index in [1.165, 1.54) is 4.68 Å². The molecule has 0 bridgehead atoms. The van der Waals surface area contributed by atoms with E-state index in [0.717, 1.165) is 10.6 Å². The zero-order valence-corrected chi connectivity index (χ0v) is 20.5. The molecule has 9 heteroatoms. The molecule has 6 rings (SSSR count). The maximum absolute atomic E-state index is 13.8. The SMILES string of the molecule is O=C(O)COc1ccccc1[C@H]1C2=C(C[C@H](c3cccs3)CC2=O)Nc2[nH]n(-c3ccccc3)c(=O)c21. The second-order valence-corrected chi connectivity index (χ2v) is 10.1. The van der Waals surface area contributed by atoms with Crippen molar-refractivity contribution in [3.05, 3.63) is 110 Å². The Bertz CT molecular complexity index is 1580. The lowest BCUT2D eigenvalue weighted by Crippen LogP contribution is -2.32. The van der Waals surface area contributed by atoms with Crippen molar-refractivity contribution in [3.63, 3.8) is 0 Å². The summed E-state index contributed by atoms with van der Waals surface area (Å²) in [5, 5.41) is 17.8. The molecule has 1 aliphatic heterocycles. The van der Waals surface area contributed by atoms with E-state index >= 15 is 0 Å². The quantitative estimate of drug-likeness (QED) is 0.346. The molecule has 0 fully saturated rings. The summed E-state index contributed by atoms with van der Waals surface area (Å²) in [4.78, 5) is 40.0. The van der Waals surface area contributed by atoms with Gasteiger partial charge in [-0.2, -0.15) is 0 Å². The van der Waals surface area contributed by atoms with E-state index in [9.17, 15) is 19.5 Å². The van der Waals surface area contributed by atoms with Gasteiger partial charge < -0.3 is 15.2 Å². The van der Waals surface area contributed by atoms with Crippen molar-refractivity contribution in [2.24, 2.45) is 0 Å². The number of aliphatic carboxylic acids is 1. The molecule has 3 N–H and O–H groups in total. The first-order chi connectivity index (χ1) is 18.0. The Kier molecular flexibility index (Phi) is 5.77. The predicted octanol–water partition coefficient (Wildman–Crippen LogP) is 4.65. The Morgan fingerprint density at radius 1 is 1.03 bits per heavy atom. The number of nitrogens with zero attached hydrogens (tertiary/aromatic N) is 1. The molecule has 0 spiro atoms. The van der Waals surface area contributed by atoms with Gasteiger partial charge in [0.05, 0.1) is 17.2 Å². The van der Waals surface area contributed by atoms with Crippen LogP contribution in [-0.2, 0) is 9.59 Å². The Balaban J connectivity index is 1.53. The minimum Gasteiger partial charge on any atom is -0.482 e. The van der Waals surface area contributed by atoms with Gasteiger partial charge in [0.15, 0.2) is 12.4 Å². The molecule has 2 aromatic heterocycles. The zero-order valence-electron chi connectivity index (χ0n) is 19.6. The molecular weight excluding hydrogens is 490 g/mol. The summed E-state index contributed by atoms with van der Waals surface area (Å²) >= 11 is 1.63. The van der Waals surface area contributed by atoms with Crippen LogP contribution in [0.4, 0.5) is 5.82 Å². The number of carbonyl (C=O) groups excluding carboxylic acids is 1. The van der Waals surface area contributed by atoms with E-state index in [0.29, 0.717) is 46.8 Å². The maximum Gasteiger partial charge on any atom is 0.341 e. The van der Waals surface area contributed by atoms with Crippen LogP contribution in [0.25, 0.3) is 5.69 Å². The number of allylic oxidation sites excluding steroid dienone is 2. The van der Waals surface area contributed by atoms with Gasteiger partial charge in [-0.25, -0.2) is 9.48 Å². The van der Waals surface area contributed by atoms with Gasteiger partial charge in [-0.1, -0.05) is 42.5 Å². The number of benzene rings is 2. The summed E-state index contributed by atoms with van der Waals surface area (Å²) in [5.74, 6) is -0.965. The van der Waals surface area contributed by atoms with Crippen molar-refractivity contribution in [1.82, 2.24) is 9.78 Å². The fourth-order valence-corrected chi connectivity index (χ4v) is 6.11. The molecule has 2 aliphatic rings. The van der Waals surface area contributed by atoms with E-state index in [1.807, 2.05) is 47.8 Å². The van der Waals surface area contributed by atoms with Crippen molar-refractivity contribution in [3.8, 4) is 11.4 Å². The molecule has 0 unspecified atom stereocenters. The third-order valence-corrected chi connectivity index (χ3v) is 7.86. The number of carboxylic acids is 1. The van der Waals surface area contributed by atoms with Crippen molar-refractivity contribution in [2.45, 2.75) is 24.7 Å². The Hall–Kier alpha value is -4.37. The number of aromatic amines is 1. The minimum absolute atomic E-state index is 0.0392. The molecule has 4 aromatic rings. The lowest BCUT2D eigenvalue weighted by molar-refractivity contribution is -0.139. The van der Waals surface area contributed by atoms with Crippen LogP contribution in [0.2, 0.25) is 0 Å². The normalized spacial score (nSPS) is 18.6. The highest BCUT2D eigenvalue weighted by molar-refractivity contribution is 7.10. The molecule has 3 heterocycles. The van der Waals surface area contributed by atoms with Crippen LogP contribution in [0, 0.1) is 0 Å². The number of H-pyrrole nitrogens is 1. The Labute approximate surface area is 215 Å². The van der Waals surface area contributed by atoms with Gasteiger partial charge in [0, 0.05) is 34.0 Å². The van der Waals surface area contributed by atoms with Crippen LogP contribution in [0.5, 0.6) is 5.75 Å². The molecule has 0 amide bonds. The molecular formula is C28H23N3O5S. The first-order valence-electron chi connectivity index (χ1n) is 11.9. The summed E-state index contributed by atoms with van der Waals surface area (Å²) in [5.41, 5.74) is 2.66. The number of aromatic nitrogens is 2. The van der Waals surface area contributed by atoms with Gasteiger partial charge in [-0.05, 0) is 36.1 Å². The average Bonchev–Trinajstić information content (AvgIpc) is 3.56. The molecule has 37 heavy (non-hydrogen) atoms. The van der Waals surface area contributed by atoms with E-state index in [-0.39, 0.29) is 17.3 Å². The fourth-order valence-electron chi connectivity index (χ4n) is 5.28. The standard InChI is InChI=1S/C28H23N3O5S/c32-20-14-16(22-11-6-12-37-22)13-19-25(20)24(18-9-4-5-10-21(18)36-15-23(33)34)26-27(29-19)30-31(28(26)35)17-7-2-1-3-8-17/h1-12,16,24,29-30H,13-15H2,(H,33,34)/t16-,24-/m0/s1. The maximum atomic E-state index is 13.8. The van der Waals surface area contributed by atoms with Crippen molar-refractivity contribution < 1.29 is 19.4 Å². The minimum atomic E-state index is -1.11. The topological polar surface area (TPSA) is 113 Å². The van der Waals surface area contributed by atoms with E-state index in [4.69, 9.17) is 4.74 Å². The number of fused-ring (bicyclic) bond motifs is 1. The van der Waals surface area contributed by atoms with Gasteiger partial charge in [-0.3, -0.25) is 14.7 Å². The monoisotopic (exact) mass is 513 g/mol. The highest BCUT2D eigenvalue weighted by atomic mass is 32.1. The van der Waals surface area contributed by atoms with Gasteiger partial charge in [0.1, 0.15) is 11.6 Å². The van der Waals surface area contributed by atoms with Crippen LogP contribution in [0.3, 0.4) is 0 Å². The summed E-state index contributed by atoms with van der Waals surface area (Å²) < 4.78 is 7.09. The highest BCUT2D eigenvalue weighted by Crippen LogP contribution is 2.48. The molecule has 186 valence electrons. The third-order valence-electron chi connectivity index (χ3n) is 6.83. The Morgan fingerprint density at radius 3 is 2.57 bits per heavy atom. The van der Waals surface area contributed by atoms with Gasteiger partial charge in [0.25, 0.3) is 5.56 Å². The van der Waals surface area contributed by atoms with Gasteiger partial charge in [0.2, 0.25) is 0 Å². The number of para-hydroxylation sites is 2. The summed E-state index contributed by atoms with van der Waals surface area (Å²) in [6.07, 6.45) is 0.955. The number of carboxylic acid groups (broad SMARTS) is 1. The number of ketones is 1. The van der Waals surface area contributed by atoms with Gasteiger partial charge in [-0.15, -0.1) is 11.3 Å². The zero-order chi connectivity index (χ0) is 25.5. The summed E-state index contributed by atoms with van der Waals surface area (Å²) in [7, 11) is 0. The molecule has 1 aliphatic carbocycles. The van der Waals surface area contributed by atoms with Gasteiger partial charge >= 0.3 is 5.97 Å². The van der Waals surface area contributed by atoms with Crippen LogP contribution < -0.4 is 15.6 Å². The number of hydrogen-bond acceptors (Lipinski definition) is 6. The molecule has 2 atom stereocenters. The summed E-state index contributed by atoms with van der Waals surface area (Å²) in [6.45, 7) is -0.531. The Morgan fingerprint density at radius 2 is 1.81 bits per heavy atom. The second kappa shape index (κ2) is 9.25. The molecule has 8 nitrogen and oxygen atoms in total. The van der Waals surface area contributed by atoms with Crippen molar-refractivity contribution in [1.29, 1.82) is 0 Å². The first kappa shape index (κ1) is 23.1. The first-order valence-corrected chi connectivity index (χ1v) is 12.8. The molecule has 0 saturated heterocycles. The van der Waals surface area contributed by atoms with E-state index in [1.54, 1.807) is 35.6 Å². The van der Waals surface area contributed by atoms with E-state index in [2.05, 4.69) is 10.4 Å². The predicted molar refractivity (Wildman–Crippen MR) is 140 cm³/mol. The molecule has 2 aromatic carbocycles. The molecule has 0 saturated carbocycles. The lowest BCUT2D eigenvalue weighted by Gasteiger charge is -2.34. The van der Waals surface area contributed by atoms with Crippen LogP contribution in [-0.4, -0.2) is 33.2 Å². The van der Waals surface area contributed by atoms with Crippen molar-refractivity contribution >= 4 is 28.9 Å². The number of carbonyl (C=O) groups is 2. The van der Waals surface area contributed by atoms with E-state index < -0.39 is 18.5 Å². The average molecular weight is 514 g/mol. The largest absolute Gasteiger partial charge is 0.482 e. The third kappa shape index (κ3) is 4.07. The lowest BCUT2D eigenvalue weighted by atomic mass is 9.73. The molecule has 0 radical (unpaired) electrons. The number of Topliss-reactive ketones (excluding diaryl/α,β-unsaturated/α-hetero) is 1. The number of hydrogen-bond donors (Lipinski definition) is 3.